The zero-order valence-electron chi connectivity index (χ0n) is 16.5. The van der Waals surface area contributed by atoms with Crippen molar-refractivity contribution in [3.8, 4) is 0 Å². The second-order valence-electron chi connectivity index (χ2n) is 6.70. The molecule has 1 atom stereocenters. The smallest absolute Gasteiger partial charge is 0.309 e. The van der Waals surface area contributed by atoms with E-state index in [-0.39, 0.29) is 11.4 Å². The molecule has 0 aliphatic rings. The Labute approximate surface area is 190 Å². The van der Waals surface area contributed by atoms with Gasteiger partial charge in [-0.15, -0.1) is 11.3 Å². The third-order valence-corrected chi connectivity index (χ3v) is 8.06. The number of carbonyl (C=O) groups is 2. The number of halogens is 1. The molecule has 9 heteroatoms. The second-order valence-corrected chi connectivity index (χ2v) is 10.3. The largest absolute Gasteiger partial charge is 0.348 e. The highest BCUT2D eigenvalue weighted by Gasteiger charge is 2.31. The Morgan fingerprint density at radius 3 is 2.23 bits per heavy atom. The van der Waals surface area contributed by atoms with Gasteiger partial charge in [-0.05, 0) is 47.7 Å². The fourth-order valence-corrected chi connectivity index (χ4v) is 5.85. The number of rotatable bonds is 8. The van der Waals surface area contributed by atoms with E-state index in [1.165, 1.54) is 35.6 Å². The highest BCUT2D eigenvalue weighted by atomic mass is 35.5. The first-order chi connectivity index (χ1) is 14.9. The minimum atomic E-state index is -3.81. The van der Waals surface area contributed by atoms with Crippen LogP contribution in [0.15, 0.2) is 77.0 Å². The summed E-state index contributed by atoms with van der Waals surface area (Å²) in [6.07, 6.45) is 0.586. The second kappa shape index (κ2) is 10.6. The maximum absolute atomic E-state index is 13.2. The molecular weight excluding hydrogens is 456 g/mol. The summed E-state index contributed by atoms with van der Waals surface area (Å²) < 4.78 is 26.3. The van der Waals surface area contributed by atoms with Crippen molar-refractivity contribution in [1.82, 2.24) is 10.6 Å². The van der Waals surface area contributed by atoms with Crippen molar-refractivity contribution in [2.24, 2.45) is 0 Å². The van der Waals surface area contributed by atoms with Gasteiger partial charge in [0.25, 0.3) is 0 Å². The van der Waals surface area contributed by atoms with Gasteiger partial charge in [0.15, 0.2) is 9.84 Å². The molecule has 162 valence electrons. The molecule has 0 unspecified atom stereocenters. The van der Waals surface area contributed by atoms with Crippen molar-refractivity contribution >= 4 is 44.6 Å². The van der Waals surface area contributed by atoms with E-state index < -0.39 is 26.9 Å². The molecule has 0 fully saturated rings. The fraction of sp³-hybridized carbons (Fsp3) is 0.182. The van der Waals surface area contributed by atoms with Gasteiger partial charge in [-0.3, -0.25) is 9.59 Å². The van der Waals surface area contributed by atoms with E-state index in [1.807, 2.05) is 30.3 Å². The van der Waals surface area contributed by atoms with Crippen molar-refractivity contribution in [3.05, 3.63) is 87.6 Å². The monoisotopic (exact) mass is 476 g/mol. The summed E-state index contributed by atoms with van der Waals surface area (Å²) in [5, 5.41) is 6.18. The lowest BCUT2D eigenvalue weighted by molar-refractivity contribution is -0.139. The van der Waals surface area contributed by atoms with Crippen LogP contribution in [-0.4, -0.2) is 33.3 Å². The zero-order valence-corrected chi connectivity index (χ0v) is 18.8. The van der Waals surface area contributed by atoms with E-state index in [9.17, 15) is 18.0 Å². The molecule has 0 saturated heterocycles. The standard InChI is InChI=1S/C22H21ClN2O4S2/c23-17-8-10-18(11-9-17)31(28,29)20(19-7-4-14-30-19)15-25-22(27)21(26)24-13-12-16-5-2-1-3-6-16/h1-11,14,20H,12-13,15H2,(H,24,26)(H,25,27)/t20-/m1/s1. The van der Waals surface area contributed by atoms with Gasteiger partial charge in [-0.1, -0.05) is 48.0 Å². The van der Waals surface area contributed by atoms with E-state index >= 15 is 0 Å². The maximum atomic E-state index is 13.2. The van der Waals surface area contributed by atoms with Gasteiger partial charge in [0.2, 0.25) is 0 Å². The van der Waals surface area contributed by atoms with Crippen LogP contribution in [0.5, 0.6) is 0 Å². The molecular formula is C22H21ClN2O4S2. The molecule has 6 nitrogen and oxygen atoms in total. The number of hydrogen-bond donors (Lipinski definition) is 2. The first kappa shape index (κ1) is 23.0. The maximum Gasteiger partial charge on any atom is 0.309 e. The molecule has 0 saturated carbocycles. The number of amides is 2. The Morgan fingerprint density at radius 2 is 1.58 bits per heavy atom. The summed E-state index contributed by atoms with van der Waals surface area (Å²) in [4.78, 5) is 25.0. The predicted molar refractivity (Wildman–Crippen MR) is 122 cm³/mol. The van der Waals surface area contributed by atoms with Crippen LogP contribution in [0.1, 0.15) is 15.7 Å². The zero-order chi connectivity index (χ0) is 22.3. The third kappa shape index (κ3) is 6.16. The fourth-order valence-electron chi connectivity index (χ4n) is 2.94. The molecule has 3 aromatic rings. The van der Waals surface area contributed by atoms with E-state index in [2.05, 4.69) is 10.6 Å². The lowest BCUT2D eigenvalue weighted by Gasteiger charge is -2.17. The van der Waals surface area contributed by atoms with E-state index in [0.717, 1.165) is 5.56 Å². The van der Waals surface area contributed by atoms with Crippen molar-refractivity contribution < 1.29 is 18.0 Å². The first-order valence-electron chi connectivity index (χ1n) is 9.51. The van der Waals surface area contributed by atoms with E-state index in [1.54, 1.807) is 17.5 Å². The molecule has 3 rings (SSSR count). The topological polar surface area (TPSA) is 92.3 Å². The van der Waals surface area contributed by atoms with Crippen LogP contribution >= 0.6 is 22.9 Å². The summed E-state index contributed by atoms with van der Waals surface area (Å²) in [5.41, 5.74) is 1.04. The first-order valence-corrected chi connectivity index (χ1v) is 12.3. The molecule has 0 spiro atoms. The van der Waals surface area contributed by atoms with Crippen LogP contribution in [0.4, 0.5) is 0 Å². The third-order valence-electron chi connectivity index (χ3n) is 4.57. The summed E-state index contributed by atoms with van der Waals surface area (Å²) in [6.45, 7) is 0.0735. The van der Waals surface area contributed by atoms with Crippen LogP contribution in [-0.2, 0) is 25.8 Å². The van der Waals surface area contributed by atoms with Crippen LogP contribution in [0.25, 0.3) is 0 Å². The average Bonchev–Trinajstić information content (AvgIpc) is 3.29. The number of sulfone groups is 1. The number of thiophene rings is 1. The number of nitrogens with one attached hydrogen (secondary N) is 2. The van der Waals surface area contributed by atoms with Gasteiger partial charge in [-0.2, -0.15) is 0 Å². The van der Waals surface area contributed by atoms with Crippen LogP contribution in [0, 0.1) is 0 Å². The Morgan fingerprint density at radius 1 is 0.903 bits per heavy atom. The Balaban J connectivity index is 1.63. The van der Waals surface area contributed by atoms with Gasteiger partial charge >= 0.3 is 11.8 Å². The molecule has 2 amide bonds. The summed E-state index contributed by atoms with van der Waals surface area (Å²) >= 11 is 7.14. The van der Waals surface area contributed by atoms with Crippen LogP contribution in [0.3, 0.4) is 0 Å². The Bertz CT molecular complexity index is 1120. The molecule has 0 aliphatic carbocycles. The highest BCUT2D eigenvalue weighted by Crippen LogP contribution is 2.31. The van der Waals surface area contributed by atoms with Gasteiger partial charge in [0.05, 0.1) is 4.90 Å². The molecule has 1 aromatic heterocycles. The SMILES string of the molecule is O=C(NCCc1ccccc1)C(=O)NC[C@H](c1cccs1)S(=O)(=O)c1ccc(Cl)cc1. The summed E-state index contributed by atoms with van der Waals surface area (Å²) in [5.74, 6) is -1.68. The molecule has 0 radical (unpaired) electrons. The highest BCUT2D eigenvalue weighted by molar-refractivity contribution is 7.91. The predicted octanol–water partition coefficient (Wildman–Crippen LogP) is 3.39. The average molecular weight is 477 g/mol. The summed E-state index contributed by atoms with van der Waals surface area (Å²) in [6, 6.07) is 18.8. The lowest BCUT2D eigenvalue weighted by Crippen LogP contribution is -2.42. The summed E-state index contributed by atoms with van der Waals surface area (Å²) in [7, 11) is -3.81. The normalized spacial score (nSPS) is 12.2. The quantitative estimate of drug-likeness (QED) is 0.487. The number of carbonyl (C=O) groups excluding carboxylic acids is 2. The van der Waals surface area contributed by atoms with E-state index in [4.69, 9.17) is 11.6 Å². The molecule has 0 bridgehead atoms. The molecule has 2 N–H and O–H groups in total. The Hall–Kier alpha value is -2.68. The van der Waals surface area contributed by atoms with Crippen molar-refractivity contribution in [2.75, 3.05) is 13.1 Å². The molecule has 0 aliphatic heterocycles. The Kier molecular flexibility index (Phi) is 7.84. The lowest BCUT2D eigenvalue weighted by atomic mass is 10.1. The van der Waals surface area contributed by atoms with Crippen molar-refractivity contribution in [3.63, 3.8) is 0 Å². The van der Waals surface area contributed by atoms with Crippen LogP contribution in [0.2, 0.25) is 5.02 Å². The molecule has 2 aromatic carbocycles. The van der Waals surface area contributed by atoms with Gasteiger partial charge in [0.1, 0.15) is 5.25 Å². The van der Waals surface area contributed by atoms with Crippen molar-refractivity contribution in [2.45, 2.75) is 16.6 Å². The number of hydrogen-bond acceptors (Lipinski definition) is 5. The minimum Gasteiger partial charge on any atom is -0.348 e. The van der Waals surface area contributed by atoms with Crippen LogP contribution < -0.4 is 10.6 Å². The van der Waals surface area contributed by atoms with Gasteiger partial charge in [-0.25, -0.2) is 8.42 Å². The van der Waals surface area contributed by atoms with Gasteiger partial charge in [0, 0.05) is 23.0 Å². The molecule has 31 heavy (non-hydrogen) atoms. The van der Waals surface area contributed by atoms with Gasteiger partial charge < -0.3 is 10.6 Å². The minimum absolute atomic E-state index is 0.0943. The van der Waals surface area contributed by atoms with Crippen molar-refractivity contribution in [1.29, 1.82) is 0 Å². The molecule has 1 heterocycles. The van der Waals surface area contributed by atoms with E-state index in [0.29, 0.717) is 22.9 Å². The number of benzene rings is 2.